The molecule has 1 amide bonds. The molecule has 0 aliphatic rings. The van der Waals surface area contributed by atoms with Gasteiger partial charge in [0.2, 0.25) is 6.41 Å². The number of carbonyl (C=O) groups excluding carboxylic acids is 1. The molecule has 0 saturated heterocycles. The Bertz CT molecular complexity index is 352. The highest BCUT2D eigenvalue weighted by Gasteiger charge is 2.28. The zero-order valence-electron chi connectivity index (χ0n) is 8.79. The molecule has 0 bridgehead atoms. The summed E-state index contributed by atoms with van der Waals surface area (Å²) in [6.07, 6.45) is -0.639. The number of rotatable bonds is 6. The number of hydrogen-bond acceptors (Lipinski definition) is 3. The Morgan fingerprint density at radius 3 is 2.50 bits per heavy atom. The van der Waals surface area contributed by atoms with E-state index < -0.39 is 18.1 Å². The molecule has 0 radical (unpaired) electrons. The van der Waals surface area contributed by atoms with Crippen molar-refractivity contribution >= 4 is 12.4 Å². The van der Waals surface area contributed by atoms with Gasteiger partial charge >= 0.3 is 5.97 Å². The lowest BCUT2D eigenvalue weighted by Gasteiger charge is -2.22. The first-order valence-electron chi connectivity index (χ1n) is 4.71. The molecule has 0 aromatic heterocycles. The maximum atomic E-state index is 10.9. The first kappa shape index (κ1) is 12.2. The molecule has 1 aromatic rings. The van der Waals surface area contributed by atoms with Crippen LogP contribution < -0.4 is 5.32 Å². The molecule has 0 aliphatic heterocycles. The van der Waals surface area contributed by atoms with Crippen molar-refractivity contribution in [3.63, 3.8) is 0 Å². The molecule has 16 heavy (non-hydrogen) atoms. The second kappa shape index (κ2) is 5.87. The van der Waals surface area contributed by atoms with Crippen LogP contribution in [0.2, 0.25) is 0 Å². The highest BCUT2D eigenvalue weighted by atomic mass is 16.5. The number of methoxy groups -OCH3 is 1. The smallest absolute Gasteiger partial charge is 0.335 e. The van der Waals surface area contributed by atoms with Crippen LogP contribution >= 0.6 is 0 Å². The number of hydrogen-bond donors (Lipinski definition) is 2. The fraction of sp³-hybridized carbons (Fsp3) is 0.273. The van der Waals surface area contributed by atoms with Gasteiger partial charge in [0.15, 0.2) is 6.10 Å². The van der Waals surface area contributed by atoms with Gasteiger partial charge in [-0.2, -0.15) is 0 Å². The van der Waals surface area contributed by atoms with E-state index in [0.717, 1.165) is 0 Å². The first-order valence-corrected chi connectivity index (χ1v) is 4.71. The summed E-state index contributed by atoms with van der Waals surface area (Å²) < 4.78 is 4.86. The van der Waals surface area contributed by atoms with Gasteiger partial charge in [-0.1, -0.05) is 30.3 Å². The molecule has 2 unspecified atom stereocenters. The van der Waals surface area contributed by atoms with Crippen LogP contribution in [0.3, 0.4) is 0 Å². The number of carboxylic acid groups (broad SMARTS) is 1. The van der Waals surface area contributed by atoms with Crippen LogP contribution in [-0.4, -0.2) is 30.7 Å². The van der Waals surface area contributed by atoms with Gasteiger partial charge in [-0.3, -0.25) is 4.79 Å². The molecule has 86 valence electrons. The van der Waals surface area contributed by atoms with E-state index >= 15 is 0 Å². The van der Waals surface area contributed by atoms with E-state index in [-0.39, 0.29) is 0 Å². The molecular formula is C11H13NO4. The van der Waals surface area contributed by atoms with Gasteiger partial charge < -0.3 is 15.2 Å². The molecule has 0 heterocycles. The number of amides is 1. The molecule has 0 aliphatic carbocycles. The van der Waals surface area contributed by atoms with Crippen molar-refractivity contribution in [3.8, 4) is 0 Å². The van der Waals surface area contributed by atoms with Crippen LogP contribution in [0.1, 0.15) is 11.6 Å². The molecule has 5 nitrogen and oxygen atoms in total. The van der Waals surface area contributed by atoms with E-state index in [4.69, 9.17) is 9.84 Å². The minimum atomic E-state index is -1.12. The predicted octanol–water partition coefficient (Wildman–Crippen LogP) is 0.573. The zero-order chi connectivity index (χ0) is 12.0. The standard InChI is InChI=1S/C11H13NO4/c1-16-10(11(14)15)9(12-7-13)8-5-3-2-4-6-8/h2-7,9-10H,1H3,(H,12,13)(H,14,15). The Kier molecular flexibility index (Phi) is 4.47. The number of ether oxygens (including phenoxy) is 1. The van der Waals surface area contributed by atoms with Crippen molar-refractivity contribution in [3.05, 3.63) is 35.9 Å². The summed E-state index contributed by atoms with van der Waals surface area (Å²) in [6.45, 7) is 0. The van der Waals surface area contributed by atoms with E-state index in [9.17, 15) is 9.59 Å². The van der Waals surface area contributed by atoms with E-state index in [1.807, 2.05) is 6.07 Å². The number of benzene rings is 1. The molecule has 0 saturated carbocycles. The van der Waals surface area contributed by atoms with Crippen LogP contribution in [0.15, 0.2) is 30.3 Å². The van der Waals surface area contributed by atoms with E-state index in [0.29, 0.717) is 12.0 Å². The highest BCUT2D eigenvalue weighted by Crippen LogP contribution is 2.18. The van der Waals surface area contributed by atoms with Crippen LogP contribution in [-0.2, 0) is 14.3 Å². The van der Waals surface area contributed by atoms with Gasteiger partial charge in [-0.15, -0.1) is 0 Å². The summed E-state index contributed by atoms with van der Waals surface area (Å²) in [5.41, 5.74) is 0.684. The fourth-order valence-corrected chi connectivity index (χ4v) is 1.47. The highest BCUT2D eigenvalue weighted by molar-refractivity contribution is 5.74. The monoisotopic (exact) mass is 223 g/mol. The van der Waals surface area contributed by atoms with Crippen molar-refractivity contribution in [2.75, 3.05) is 7.11 Å². The van der Waals surface area contributed by atoms with Gasteiger partial charge in [0.05, 0.1) is 6.04 Å². The third kappa shape index (κ3) is 2.80. The molecular weight excluding hydrogens is 210 g/mol. The maximum Gasteiger partial charge on any atom is 0.335 e. The normalized spacial score (nSPS) is 13.8. The van der Waals surface area contributed by atoms with Gasteiger partial charge in [-0.25, -0.2) is 4.79 Å². The van der Waals surface area contributed by atoms with Gasteiger partial charge in [0.1, 0.15) is 0 Å². The Hall–Kier alpha value is -1.88. The molecule has 1 aromatic carbocycles. The summed E-state index contributed by atoms with van der Waals surface area (Å²) >= 11 is 0. The molecule has 2 atom stereocenters. The number of carbonyl (C=O) groups is 2. The Balaban J connectivity index is 2.98. The van der Waals surface area contributed by atoms with Crippen molar-refractivity contribution in [1.82, 2.24) is 5.32 Å². The second-order valence-corrected chi connectivity index (χ2v) is 3.17. The zero-order valence-corrected chi connectivity index (χ0v) is 8.79. The quantitative estimate of drug-likeness (QED) is 0.691. The average molecular weight is 223 g/mol. The lowest BCUT2D eigenvalue weighted by atomic mass is 10.0. The van der Waals surface area contributed by atoms with Gasteiger partial charge in [0, 0.05) is 7.11 Å². The summed E-state index contributed by atoms with van der Waals surface area (Å²) in [5, 5.41) is 11.4. The predicted molar refractivity (Wildman–Crippen MR) is 56.8 cm³/mol. The minimum absolute atomic E-state index is 0.465. The van der Waals surface area contributed by atoms with E-state index in [2.05, 4.69) is 5.32 Å². The van der Waals surface area contributed by atoms with Crippen LogP contribution in [0.4, 0.5) is 0 Å². The molecule has 0 spiro atoms. The summed E-state index contributed by atoms with van der Waals surface area (Å²) in [4.78, 5) is 21.4. The van der Waals surface area contributed by atoms with Crippen molar-refractivity contribution in [2.45, 2.75) is 12.1 Å². The Morgan fingerprint density at radius 1 is 1.44 bits per heavy atom. The summed E-state index contributed by atoms with van der Waals surface area (Å²) in [5.74, 6) is -1.12. The lowest BCUT2D eigenvalue weighted by molar-refractivity contribution is -0.150. The largest absolute Gasteiger partial charge is 0.479 e. The van der Waals surface area contributed by atoms with Crippen molar-refractivity contribution in [1.29, 1.82) is 0 Å². The average Bonchev–Trinajstić information content (AvgIpc) is 2.29. The summed E-state index contributed by atoms with van der Waals surface area (Å²) in [6, 6.07) is 8.12. The van der Waals surface area contributed by atoms with Crippen LogP contribution in [0.5, 0.6) is 0 Å². The third-order valence-electron chi connectivity index (χ3n) is 2.21. The van der Waals surface area contributed by atoms with Gasteiger partial charge in [0.25, 0.3) is 0 Å². The van der Waals surface area contributed by atoms with Crippen molar-refractivity contribution < 1.29 is 19.4 Å². The number of aliphatic carboxylic acids is 1. The first-order chi connectivity index (χ1) is 7.70. The van der Waals surface area contributed by atoms with E-state index in [1.54, 1.807) is 24.3 Å². The number of carboxylic acids is 1. The minimum Gasteiger partial charge on any atom is -0.479 e. The van der Waals surface area contributed by atoms with Crippen LogP contribution in [0, 0.1) is 0 Å². The van der Waals surface area contributed by atoms with Crippen molar-refractivity contribution in [2.24, 2.45) is 0 Å². The summed E-state index contributed by atoms with van der Waals surface area (Å²) in [7, 11) is 1.29. The van der Waals surface area contributed by atoms with E-state index in [1.165, 1.54) is 7.11 Å². The van der Waals surface area contributed by atoms with Crippen LogP contribution in [0.25, 0.3) is 0 Å². The maximum absolute atomic E-state index is 10.9. The molecule has 0 fully saturated rings. The molecule has 5 heteroatoms. The second-order valence-electron chi connectivity index (χ2n) is 3.17. The third-order valence-corrected chi connectivity index (χ3v) is 2.21. The molecule has 1 rings (SSSR count). The number of nitrogens with one attached hydrogen (secondary N) is 1. The molecule has 2 N–H and O–H groups in total. The SMILES string of the molecule is COC(C(=O)O)C(NC=O)c1ccccc1. The Morgan fingerprint density at radius 2 is 2.06 bits per heavy atom. The Labute approximate surface area is 93.0 Å². The fourth-order valence-electron chi connectivity index (χ4n) is 1.47. The topological polar surface area (TPSA) is 75.6 Å². The van der Waals surface area contributed by atoms with Gasteiger partial charge in [-0.05, 0) is 5.56 Å². The lowest BCUT2D eigenvalue weighted by Crippen LogP contribution is -2.38.